The first-order valence-corrected chi connectivity index (χ1v) is 10.8. The molecule has 144 valence electrons. The first kappa shape index (κ1) is 18.8. The van der Waals surface area contributed by atoms with Crippen molar-refractivity contribution in [3.63, 3.8) is 0 Å². The smallest absolute Gasteiger partial charge is 0.246 e. The molecule has 3 rings (SSSR count). The van der Waals surface area contributed by atoms with Crippen molar-refractivity contribution in [2.75, 3.05) is 30.8 Å². The lowest BCUT2D eigenvalue weighted by molar-refractivity contribution is -0.132. The van der Waals surface area contributed by atoms with E-state index in [9.17, 15) is 13.2 Å². The second-order valence-electron chi connectivity index (χ2n) is 6.95. The third kappa shape index (κ3) is 3.75. The summed E-state index contributed by atoms with van der Waals surface area (Å²) in [6.45, 7) is 2.50. The van der Waals surface area contributed by atoms with Crippen LogP contribution < -0.4 is 13.8 Å². The number of ether oxygens (including phenoxy) is 2. The van der Waals surface area contributed by atoms with Crippen LogP contribution in [0.3, 0.4) is 0 Å². The average molecular weight is 382 g/mol. The monoisotopic (exact) mass is 382 g/mol. The molecular weight excluding hydrogens is 356 g/mol. The zero-order valence-corrected chi connectivity index (χ0v) is 16.3. The van der Waals surface area contributed by atoms with E-state index in [-0.39, 0.29) is 11.9 Å². The van der Waals surface area contributed by atoms with Crippen molar-refractivity contribution >= 4 is 21.6 Å². The second-order valence-corrected chi connectivity index (χ2v) is 8.81. The zero-order valence-electron chi connectivity index (χ0n) is 15.5. The highest BCUT2D eigenvalue weighted by Gasteiger charge is 2.34. The van der Waals surface area contributed by atoms with E-state index in [0.717, 1.165) is 31.9 Å². The van der Waals surface area contributed by atoms with Gasteiger partial charge in [-0.3, -0.25) is 9.10 Å². The predicted molar refractivity (Wildman–Crippen MR) is 99.2 cm³/mol. The Kier molecular flexibility index (Phi) is 5.32. The number of likely N-dealkylation sites (N-methyl/N-ethyl adjacent to an activating group) is 1. The number of benzene rings is 1. The molecule has 1 amide bonds. The predicted octanol–water partition coefficient (Wildman–Crippen LogP) is 2.01. The molecule has 0 radical (unpaired) electrons. The van der Waals surface area contributed by atoms with Crippen molar-refractivity contribution in [2.45, 2.75) is 44.7 Å². The number of rotatable bonds is 5. The molecule has 1 heterocycles. The summed E-state index contributed by atoms with van der Waals surface area (Å²) in [6, 6.07) is 4.30. The summed E-state index contributed by atoms with van der Waals surface area (Å²) in [6.07, 6.45) is 5.27. The lowest BCUT2D eigenvalue weighted by atomic mass is 10.1. The van der Waals surface area contributed by atoms with Gasteiger partial charge in [0.05, 0.1) is 11.9 Å². The van der Waals surface area contributed by atoms with Crippen LogP contribution in [0.4, 0.5) is 5.69 Å². The molecule has 1 unspecified atom stereocenters. The first-order chi connectivity index (χ1) is 12.3. The summed E-state index contributed by atoms with van der Waals surface area (Å²) in [4.78, 5) is 14.6. The zero-order chi connectivity index (χ0) is 18.9. The molecule has 1 saturated carbocycles. The van der Waals surface area contributed by atoms with Crippen molar-refractivity contribution in [3.05, 3.63) is 18.2 Å². The highest BCUT2D eigenvalue weighted by Crippen LogP contribution is 2.35. The topological polar surface area (TPSA) is 76.2 Å². The van der Waals surface area contributed by atoms with Gasteiger partial charge in [-0.05, 0) is 31.9 Å². The van der Waals surface area contributed by atoms with Crippen LogP contribution in [-0.4, -0.2) is 57.8 Å². The Balaban J connectivity index is 1.89. The van der Waals surface area contributed by atoms with E-state index in [1.165, 1.54) is 4.31 Å². The normalized spacial score (nSPS) is 18.4. The van der Waals surface area contributed by atoms with Crippen molar-refractivity contribution in [1.29, 1.82) is 0 Å². The Morgan fingerprint density at radius 3 is 2.38 bits per heavy atom. The highest BCUT2D eigenvalue weighted by molar-refractivity contribution is 7.92. The van der Waals surface area contributed by atoms with Crippen molar-refractivity contribution in [1.82, 2.24) is 4.90 Å². The van der Waals surface area contributed by atoms with Crippen LogP contribution in [0.5, 0.6) is 11.5 Å². The van der Waals surface area contributed by atoms with E-state index in [0.29, 0.717) is 30.4 Å². The molecule has 0 aromatic heterocycles. The van der Waals surface area contributed by atoms with Gasteiger partial charge in [0, 0.05) is 19.2 Å². The van der Waals surface area contributed by atoms with Gasteiger partial charge in [-0.15, -0.1) is 0 Å². The number of sulfonamides is 1. The largest absolute Gasteiger partial charge is 0.486 e. The fourth-order valence-electron chi connectivity index (χ4n) is 3.74. The number of carbonyl (C=O) groups excluding carboxylic acids is 1. The lowest BCUT2D eigenvalue weighted by Gasteiger charge is -2.34. The molecule has 0 spiro atoms. The Bertz CT molecular complexity index is 774. The van der Waals surface area contributed by atoms with Crippen molar-refractivity contribution in [2.24, 2.45) is 0 Å². The molecule has 1 aliphatic carbocycles. The van der Waals surface area contributed by atoms with Gasteiger partial charge in [0.2, 0.25) is 15.9 Å². The molecule has 2 aliphatic rings. The third-order valence-corrected chi connectivity index (χ3v) is 6.31. The van der Waals surface area contributed by atoms with Gasteiger partial charge in [0.25, 0.3) is 0 Å². The molecule has 1 aromatic rings. The number of amides is 1. The molecule has 0 N–H and O–H groups in total. The van der Waals surface area contributed by atoms with Crippen molar-refractivity contribution < 1.29 is 22.7 Å². The second kappa shape index (κ2) is 7.34. The number of fused-ring (bicyclic) bond motifs is 1. The fourth-order valence-corrected chi connectivity index (χ4v) is 4.90. The summed E-state index contributed by atoms with van der Waals surface area (Å²) in [7, 11) is -1.89. The van der Waals surface area contributed by atoms with Crippen LogP contribution >= 0.6 is 0 Å². The van der Waals surface area contributed by atoms with Gasteiger partial charge in [-0.2, -0.15) is 0 Å². The molecule has 1 fully saturated rings. The molecule has 0 saturated heterocycles. The summed E-state index contributed by atoms with van der Waals surface area (Å²) in [5.74, 6) is 0.874. The van der Waals surface area contributed by atoms with Gasteiger partial charge < -0.3 is 14.4 Å². The summed E-state index contributed by atoms with van der Waals surface area (Å²) in [5.41, 5.74) is 0.400. The number of carbonyl (C=O) groups is 1. The number of anilines is 1. The maximum atomic E-state index is 12.9. The van der Waals surface area contributed by atoms with Crippen LogP contribution in [0.2, 0.25) is 0 Å². The molecule has 1 aromatic carbocycles. The SMILES string of the molecule is CC(C(=O)N(C)C1CCCC1)N(c1ccc2c(c1)OCCO2)S(C)(=O)=O. The standard InChI is InChI=1S/C18H26N2O5S/c1-13(18(21)19(2)14-6-4-5-7-14)20(26(3,22)23)15-8-9-16-17(12-15)25-11-10-24-16/h8-9,12-14H,4-7,10-11H2,1-3H3. The van der Waals surface area contributed by atoms with E-state index < -0.39 is 16.1 Å². The number of hydrogen-bond donors (Lipinski definition) is 0. The molecule has 26 heavy (non-hydrogen) atoms. The third-order valence-electron chi connectivity index (χ3n) is 5.07. The van der Waals surface area contributed by atoms with Crippen LogP contribution in [0.1, 0.15) is 32.6 Å². The van der Waals surface area contributed by atoms with E-state index in [4.69, 9.17) is 9.47 Å². The van der Waals surface area contributed by atoms with Gasteiger partial charge in [0.1, 0.15) is 19.3 Å². The van der Waals surface area contributed by atoms with E-state index in [2.05, 4.69) is 0 Å². The van der Waals surface area contributed by atoms with Crippen LogP contribution in [0, 0.1) is 0 Å². The lowest BCUT2D eigenvalue weighted by Crippen LogP contribution is -2.50. The molecule has 1 atom stereocenters. The molecule has 7 nitrogen and oxygen atoms in total. The van der Waals surface area contributed by atoms with Gasteiger partial charge in [-0.1, -0.05) is 12.8 Å². The van der Waals surface area contributed by atoms with Gasteiger partial charge >= 0.3 is 0 Å². The van der Waals surface area contributed by atoms with E-state index >= 15 is 0 Å². The number of nitrogens with zero attached hydrogens (tertiary/aromatic N) is 2. The van der Waals surface area contributed by atoms with Crippen LogP contribution in [0.15, 0.2) is 18.2 Å². The highest BCUT2D eigenvalue weighted by atomic mass is 32.2. The minimum absolute atomic E-state index is 0.187. The minimum atomic E-state index is -3.66. The Morgan fingerprint density at radius 1 is 1.15 bits per heavy atom. The molecular formula is C18H26N2O5S. The maximum Gasteiger partial charge on any atom is 0.246 e. The van der Waals surface area contributed by atoms with Gasteiger partial charge in [-0.25, -0.2) is 8.42 Å². The summed E-state index contributed by atoms with van der Waals surface area (Å²) < 4.78 is 37.2. The van der Waals surface area contributed by atoms with Crippen LogP contribution in [-0.2, 0) is 14.8 Å². The summed E-state index contributed by atoms with van der Waals surface area (Å²) >= 11 is 0. The van der Waals surface area contributed by atoms with Crippen molar-refractivity contribution in [3.8, 4) is 11.5 Å². The van der Waals surface area contributed by atoms with E-state index in [1.807, 2.05) is 0 Å². The number of hydrogen-bond acceptors (Lipinski definition) is 5. The Labute approximate surface area is 154 Å². The molecule has 8 heteroatoms. The average Bonchev–Trinajstić information content (AvgIpc) is 3.13. The fraction of sp³-hybridized carbons (Fsp3) is 0.611. The Morgan fingerprint density at radius 2 is 1.77 bits per heavy atom. The van der Waals surface area contributed by atoms with Crippen LogP contribution in [0.25, 0.3) is 0 Å². The first-order valence-electron chi connectivity index (χ1n) is 8.95. The molecule has 0 bridgehead atoms. The maximum absolute atomic E-state index is 12.9. The summed E-state index contributed by atoms with van der Waals surface area (Å²) in [5, 5.41) is 0. The quantitative estimate of drug-likeness (QED) is 0.779. The van der Waals surface area contributed by atoms with E-state index in [1.54, 1.807) is 37.1 Å². The Hall–Kier alpha value is -1.96. The molecule has 1 aliphatic heterocycles. The minimum Gasteiger partial charge on any atom is -0.486 e. The van der Waals surface area contributed by atoms with Gasteiger partial charge in [0.15, 0.2) is 11.5 Å².